The third-order valence-corrected chi connectivity index (χ3v) is 4.00. The molecule has 0 bridgehead atoms. The zero-order chi connectivity index (χ0) is 15.8. The van der Waals surface area contributed by atoms with Gasteiger partial charge in [0, 0.05) is 32.1 Å². The second-order valence-electron chi connectivity index (χ2n) is 6.04. The number of piperidine rings is 1. The van der Waals surface area contributed by atoms with E-state index >= 15 is 0 Å². The van der Waals surface area contributed by atoms with Crippen molar-refractivity contribution in [3.05, 3.63) is 0 Å². The number of nitrogens with zero attached hydrogens (tertiary/aromatic N) is 1. The summed E-state index contributed by atoms with van der Waals surface area (Å²) in [6, 6.07) is 0.131. The van der Waals surface area contributed by atoms with Gasteiger partial charge in [0.05, 0.1) is 6.61 Å². The van der Waals surface area contributed by atoms with Crippen LogP contribution in [-0.2, 0) is 4.79 Å². The van der Waals surface area contributed by atoms with Crippen LogP contribution in [0.25, 0.3) is 0 Å². The molecule has 3 N–H and O–H groups in total. The highest BCUT2D eigenvalue weighted by atomic mass is 16.3. The van der Waals surface area contributed by atoms with Crippen LogP contribution in [0.15, 0.2) is 0 Å². The lowest BCUT2D eigenvalue weighted by atomic mass is 9.81. The largest absolute Gasteiger partial charge is 0.395 e. The van der Waals surface area contributed by atoms with Crippen molar-refractivity contribution in [2.45, 2.75) is 46.1 Å². The summed E-state index contributed by atoms with van der Waals surface area (Å²) in [6.07, 6.45) is 2.30. The normalized spacial score (nSPS) is 22.2. The van der Waals surface area contributed by atoms with Gasteiger partial charge in [-0.25, -0.2) is 4.79 Å². The number of amides is 3. The number of nitrogens with one attached hydrogen (secondary N) is 2. The van der Waals surface area contributed by atoms with Crippen molar-refractivity contribution in [3.63, 3.8) is 0 Å². The minimum absolute atomic E-state index is 0.00687. The molecule has 0 aromatic rings. The summed E-state index contributed by atoms with van der Waals surface area (Å²) in [5, 5.41) is 14.3. The molecule has 1 aliphatic heterocycles. The zero-order valence-corrected chi connectivity index (χ0v) is 13.4. The molecule has 2 atom stereocenters. The van der Waals surface area contributed by atoms with Gasteiger partial charge < -0.3 is 20.6 Å². The lowest BCUT2D eigenvalue weighted by Crippen LogP contribution is -2.50. The number of likely N-dealkylation sites (tertiary alicyclic amines) is 1. The van der Waals surface area contributed by atoms with Crippen LogP contribution < -0.4 is 10.6 Å². The van der Waals surface area contributed by atoms with Crippen molar-refractivity contribution in [1.29, 1.82) is 0 Å². The molecule has 21 heavy (non-hydrogen) atoms. The quantitative estimate of drug-likeness (QED) is 0.683. The maximum atomic E-state index is 12.0. The Morgan fingerprint density at radius 3 is 2.62 bits per heavy atom. The summed E-state index contributed by atoms with van der Waals surface area (Å²) in [7, 11) is 0. The number of aliphatic hydroxyl groups is 1. The van der Waals surface area contributed by atoms with Gasteiger partial charge in [0.15, 0.2) is 0 Å². The number of carbonyl (C=O) groups is 2. The first-order valence-corrected chi connectivity index (χ1v) is 7.90. The molecule has 0 aromatic carbocycles. The van der Waals surface area contributed by atoms with Crippen LogP contribution in [0.2, 0.25) is 0 Å². The van der Waals surface area contributed by atoms with E-state index in [1.807, 2.05) is 18.7 Å². The summed E-state index contributed by atoms with van der Waals surface area (Å²) in [4.78, 5) is 25.7. The number of urea groups is 1. The van der Waals surface area contributed by atoms with Crippen LogP contribution in [0, 0.1) is 11.8 Å². The summed E-state index contributed by atoms with van der Waals surface area (Å²) >= 11 is 0. The third-order valence-electron chi connectivity index (χ3n) is 4.00. The van der Waals surface area contributed by atoms with Crippen molar-refractivity contribution in [1.82, 2.24) is 15.5 Å². The lowest BCUT2D eigenvalue weighted by Gasteiger charge is -2.38. The molecule has 1 rings (SSSR count). The van der Waals surface area contributed by atoms with Crippen LogP contribution in [0.3, 0.4) is 0 Å². The van der Waals surface area contributed by atoms with E-state index in [-0.39, 0.29) is 24.6 Å². The van der Waals surface area contributed by atoms with E-state index in [1.54, 1.807) is 0 Å². The predicted molar refractivity (Wildman–Crippen MR) is 81.8 cm³/mol. The minimum atomic E-state index is -0.0310. The number of rotatable bonds is 6. The van der Waals surface area contributed by atoms with E-state index in [1.165, 1.54) is 0 Å². The van der Waals surface area contributed by atoms with Gasteiger partial charge in [-0.15, -0.1) is 0 Å². The van der Waals surface area contributed by atoms with Crippen LogP contribution in [0.1, 0.15) is 40.0 Å². The van der Waals surface area contributed by atoms with Crippen LogP contribution in [0.5, 0.6) is 0 Å². The first-order chi connectivity index (χ1) is 9.97. The molecule has 122 valence electrons. The summed E-state index contributed by atoms with van der Waals surface area (Å²) in [5.41, 5.74) is 0. The van der Waals surface area contributed by atoms with Crippen molar-refractivity contribution in [2.75, 3.05) is 26.2 Å². The number of carbonyl (C=O) groups excluding carboxylic acids is 2. The van der Waals surface area contributed by atoms with Gasteiger partial charge in [0.1, 0.15) is 0 Å². The van der Waals surface area contributed by atoms with E-state index in [0.29, 0.717) is 37.9 Å². The molecular formula is C15H29N3O3. The van der Waals surface area contributed by atoms with E-state index in [9.17, 15) is 9.59 Å². The Bertz CT molecular complexity index is 347. The lowest BCUT2D eigenvalue weighted by molar-refractivity contribution is -0.123. The number of hydrogen-bond acceptors (Lipinski definition) is 3. The minimum Gasteiger partial charge on any atom is -0.395 e. The number of hydrogen-bond donors (Lipinski definition) is 3. The second-order valence-corrected chi connectivity index (χ2v) is 6.04. The molecule has 0 unspecified atom stereocenters. The van der Waals surface area contributed by atoms with Gasteiger partial charge in [0.25, 0.3) is 0 Å². The molecule has 1 aliphatic rings. The van der Waals surface area contributed by atoms with E-state index in [0.717, 1.165) is 12.8 Å². The molecule has 0 aliphatic carbocycles. The summed E-state index contributed by atoms with van der Waals surface area (Å²) < 4.78 is 0. The Labute approximate surface area is 127 Å². The molecular weight excluding hydrogens is 270 g/mol. The van der Waals surface area contributed by atoms with Gasteiger partial charge in [-0.05, 0) is 32.1 Å². The molecule has 1 heterocycles. The van der Waals surface area contributed by atoms with E-state index < -0.39 is 0 Å². The third kappa shape index (κ3) is 5.91. The van der Waals surface area contributed by atoms with Crippen molar-refractivity contribution >= 4 is 11.9 Å². The highest BCUT2D eigenvalue weighted by Crippen LogP contribution is 2.29. The highest BCUT2D eigenvalue weighted by molar-refractivity contribution is 5.76. The Morgan fingerprint density at radius 2 is 2.05 bits per heavy atom. The Balaban J connectivity index is 2.49. The van der Waals surface area contributed by atoms with Crippen LogP contribution in [-0.4, -0.2) is 54.2 Å². The van der Waals surface area contributed by atoms with Crippen molar-refractivity contribution in [3.8, 4) is 0 Å². The van der Waals surface area contributed by atoms with Gasteiger partial charge in [-0.1, -0.05) is 13.3 Å². The Kier molecular flexibility index (Phi) is 7.50. The monoisotopic (exact) mass is 299 g/mol. The molecule has 6 heteroatoms. The topological polar surface area (TPSA) is 81.7 Å². The molecule has 1 saturated heterocycles. The van der Waals surface area contributed by atoms with E-state index in [2.05, 4.69) is 17.6 Å². The van der Waals surface area contributed by atoms with Crippen molar-refractivity contribution in [2.24, 2.45) is 11.8 Å². The fourth-order valence-electron chi connectivity index (χ4n) is 2.84. The van der Waals surface area contributed by atoms with Gasteiger partial charge >= 0.3 is 6.03 Å². The average Bonchev–Trinajstić information content (AvgIpc) is 2.44. The molecule has 0 radical (unpaired) electrons. The smallest absolute Gasteiger partial charge is 0.317 e. The molecule has 0 saturated carbocycles. The van der Waals surface area contributed by atoms with E-state index in [4.69, 9.17) is 5.11 Å². The highest BCUT2D eigenvalue weighted by Gasteiger charge is 2.31. The predicted octanol–water partition coefficient (Wildman–Crippen LogP) is 0.951. The zero-order valence-electron chi connectivity index (χ0n) is 13.4. The maximum Gasteiger partial charge on any atom is 0.317 e. The Hall–Kier alpha value is -1.30. The fourth-order valence-corrected chi connectivity index (χ4v) is 2.84. The van der Waals surface area contributed by atoms with Gasteiger partial charge in [-0.2, -0.15) is 0 Å². The molecule has 1 fully saturated rings. The first kappa shape index (κ1) is 17.8. The first-order valence-electron chi connectivity index (χ1n) is 7.90. The average molecular weight is 299 g/mol. The Morgan fingerprint density at radius 1 is 1.33 bits per heavy atom. The van der Waals surface area contributed by atoms with Crippen LogP contribution in [0.4, 0.5) is 4.79 Å². The maximum absolute atomic E-state index is 12.0. The van der Waals surface area contributed by atoms with Crippen LogP contribution >= 0.6 is 0 Å². The molecule has 3 amide bonds. The molecule has 0 spiro atoms. The molecule has 0 aromatic heterocycles. The fraction of sp³-hybridized carbons (Fsp3) is 0.867. The second kappa shape index (κ2) is 8.87. The number of aliphatic hydroxyl groups excluding tert-OH is 1. The van der Waals surface area contributed by atoms with Crippen molar-refractivity contribution < 1.29 is 14.7 Å². The SMILES string of the molecule is CC[C@H]1CN(C(=O)NC(C)C)CC[C@H]1CC(=O)NCCO. The van der Waals surface area contributed by atoms with Gasteiger partial charge in [0.2, 0.25) is 5.91 Å². The summed E-state index contributed by atoms with van der Waals surface area (Å²) in [5.74, 6) is 0.668. The summed E-state index contributed by atoms with van der Waals surface area (Å²) in [6.45, 7) is 7.70. The molecule has 6 nitrogen and oxygen atoms in total. The van der Waals surface area contributed by atoms with Gasteiger partial charge in [-0.3, -0.25) is 4.79 Å². The standard InChI is InChI=1S/C15H29N3O3/c1-4-12-10-18(15(21)17-11(2)3)7-5-13(12)9-14(20)16-6-8-19/h11-13,19H,4-10H2,1-3H3,(H,16,20)(H,17,21)/t12-,13-/m0/s1.